The fourth-order valence-corrected chi connectivity index (χ4v) is 2.67. The van der Waals surface area contributed by atoms with Gasteiger partial charge in [0.25, 0.3) is 0 Å². The highest BCUT2D eigenvalue weighted by Crippen LogP contribution is 2.36. The van der Waals surface area contributed by atoms with Gasteiger partial charge in [-0.05, 0) is 43.4 Å². The Labute approximate surface area is 121 Å². The molecule has 2 atom stereocenters. The van der Waals surface area contributed by atoms with Gasteiger partial charge in [0.05, 0.1) is 0 Å². The Balaban J connectivity index is 2.19. The molecule has 2 rings (SSSR count). The third-order valence-electron chi connectivity index (χ3n) is 3.51. The monoisotopic (exact) mass is 327 g/mol. The van der Waals surface area contributed by atoms with Crippen LogP contribution in [-0.2, 0) is 4.79 Å². The van der Waals surface area contributed by atoms with E-state index in [9.17, 15) is 15.0 Å². The molecular formula is C14H18BrNO3. The van der Waals surface area contributed by atoms with Gasteiger partial charge in [-0.25, -0.2) is 0 Å². The number of phenols is 1. The average molecular weight is 328 g/mol. The number of carbonyl (C=O) groups is 1. The molecular weight excluding hydrogens is 310 g/mol. The normalized spacial score (nSPS) is 18.0. The Morgan fingerprint density at radius 3 is 2.74 bits per heavy atom. The molecule has 0 saturated heterocycles. The number of phenolic OH excluding ortho intramolecular Hbond substituents is 1. The smallest absolute Gasteiger partial charge is 0.320 e. The summed E-state index contributed by atoms with van der Waals surface area (Å²) in [5.41, 5.74) is 0.740. The third kappa shape index (κ3) is 3.48. The summed E-state index contributed by atoms with van der Waals surface area (Å²) in [4.78, 5) is 11.3. The minimum atomic E-state index is -0.810. The van der Waals surface area contributed by atoms with Crippen LogP contribution in [0.5, 0.6) is 5.75 Å². The lowest BCUT2D eigenvalue weighted by molar-refractivity contribution is -0.140. The van der Waals surface area contributed by atoms with Crippen molar-refractivity contribution in [2.45, 2.75) is 38.3 Å². The highest BCUT2D eigenvalue weighted by Gasteiger charge is 2.37. The molecule has 19 heavy (non-hydrogen) atoms. The first-order valence-corrected chi connectivity index (χ1v) is 7.29. The molecule has 0 radical (unpaired) electrons. The standard InChI is InChI=1S/C14H18BrNO3/c1-2-11(10-7-9(15)5-6-12(10)17)16-13(14(18)19)8-3-4-8/h5-8,11,13,16-17H,2-4H2,1H3,(H,18,19). The largest absolute Gasteiger partial charge is 0.508 e. The SMILES string of the molecule is CCC(NC(C(=O)O)C1CC1)c1cc(Br)ccc1O. The highest BCUT2D eigenvalue weighted by molar-refractivity contribution is 9.10. The van der Waals surface area contributed by atoms with Gasteiger partial charge in [0.1, 0.15) is 11.8 Å². The van der Waals surface area contributed by atoms with Gasteiger partial charge in [-0.1, -0.05) is 22.9 Å². The first kappa shape index (κ1) is 14.3. The van der Waals surface area contributed by atoms with Gasteiger partial charge in [0.15, 0.2) is 0 Å². The van der Waals surface area contributed by atoms with Crippen LogP contribution in [0.25, 0.3) is 0 Å². The number of benzene rings is 1. The van der Waals surface area contributed by atoms with Gasteiger partial charge in [0, 0.05) is 16.1 Å². The van der Waals surface area contributed by atoms with Crippen molar-refractivity contribution in [2.75, 3.05) is 0 Å². The maximum absolute atomic E-state index is 11.3. The highest BCUT2D eigenvalue weighted by atomic mass is 79.9. The summed E-state index contributed by atoms with van der Waals surface area (Å²) in [6.07, 6.45) is 2.65. The van der Waals surface area contributed by atoms with Crippen molar-refractivity contribution in [3.05, 3.63) is 28.2 Å². The zero-order valence-corrected chi connectivity index (χ0v) is 12.4. The molecule has 0 aliphatic heterocycles. The summed E-state index contributed by atoms with van der Waals surface area (Å²) in [5.74, 6) is -0.390. The number of rotatable bonds is 6. The molecule has 1 saturated carbocycles. The summed E-state index contributed by atoms with van der Waals surface area (Å²) in [6.45, 7) is 1.98. The molecule has 5 heteroatoms. The van der Waals surface area contributed by atoms with Crippen LogP contribution in [-0.4, -0.2) is 22.2 Å². The molecule has 1 fully saturated rings. The Kier molecular flexibility index (Phi) is 4.47. The molecule has 0 amide bonds. The minimum Gasteiger partial charge on any atom is -0.508 e. The van der Waals surface area contributed by atoms with Crippen molar-refractivity contribution in [2.24, 2.45) is 5.92 Å². The van der Waals surface area contributed by atoms with Crippen LogP contribution in [0.2, 0.25) is 0 Å². The average Bonchev–Trinajstić information content (AvgIpc) is 3.18. The molecule has 3 N–H and O–H groups in total. The number of halogens is 1. The molecule has 104 valence electrons. The fraction of sp³-hybridized carbons (Fsp3) is 0.500. The van der Waals surface area contributed by atoms with Crippen molar-refractivity contribution in [3.63, 3.8) is 0 Å². The maximum atomic E-state index is 11.3. The van der Waals surface area contributed by atoms with Crippen LogP contribution in [0.3, 0.4) is 0 Å². The van der Waals surface area contributed by atoms with E-state index in [0.29, 0.717) is 0 Å². The predicted molar refractivity (Wildman–Crippen MR) is 76.1 cm³/mol. The molecule has 0 spiro atoms. The Bertz CT molecular complexity index is 474. The number of hydrogen-bond donors (Lipinski definition) is 3. The molecule has 0 aromatic heterocycles. The Morgan fingerprint density at radius 2 is 2.21 bits per heavy atom. The lowest BCUT2D eigenvalue weighted by Crippen LogP contribution is -2.40. The quantitative estimate of drug-likeness (QED) is 0.751. The number of nitrogens with one attached hydrogen (secondary N) is 1. The van der Waals surface area contributed by atoms with E-state index in [4.69, 9.17) is 0 Å². The van der Waals surface area contributed by atoms with Crippen molar-refractivity contribution in [1.29, 1.82) is 0 Å². The molecule has 0 heterocycles. The van der Waals surface area contributed by atoms with E-state index in [2.05, 4.69) is 21.2 Å². The first-order valence-electron chi connectivity index (χ1n) is 6.50. The molecule has 4 nitrogen and oxygen atoms in total. The summed E-state index contributed by atoms with van der Waals surface area (Å²) in [6, 6.07) is 4.54. The van der Waals surface area contributed by atoms with E-state index in [1.54, 1.807) is 12.1 Å². The van der Waals surface area contributed by atoms with E-state index in [1.165, 1.54) is 0 Å². The van der Waals surface area contributed by atoms with E-state index in [-0.39, 0.29) is 17.7 Å². The topological polar surface area (TPSA) is 69.6 Å². The molecule has 1 aromatic rings. The lowest BCUT2D eigenvalue weighted by Gasteiger charge is -2.23. The predicted octanol–water partition coefficient (Wildman–Crippen LogP) is 3.06. The Morgan fingerprint density at radius 1 is 1.53 bits per heavy atom. The number of aromatic hydroxyl groups is 1. The molecule has 0 bridgehead atoms. The van der Waals surface area contributed by atoms with E-state index in [1.807, 2.05) is 13.0 Å². The maximum Gasteiger partial charge on any atom is 0.320 e. The third-order valence-corrected chi connectivity index (χ3v) is 4.01. The lowest BCUT2D eigenvalue weighted by atomic mass is 10.0. The van der Waals surface area contributed by atoms with Gasteiger partial charge >= 0.3 is 5.97 Å². The number of carboxylic acid groups (broad SMARTS) is 1. The van der Waals surface area contributed by atoms with Crippen LogP contribution in [0.15, 0.2) is 22.7 Å². The van der Waals surface area contributed by atoms with E-state index >= 15 is 0 Å². The molecule has 1 aliphatic rings. The summed E-state index contributed by atoms with van der Waals surface area (Å²) < 4.78 is 0.874. The van der Waals surface area contributed by atoms with Crippen molar-refractivity contribution >= 4 is 21.9 Å². The van der Waals surface area contributed by atoms with Crippen LogP contribution in [0.4, 0.5) is 0 Å². The van der Waals surface area contributed by atoms with Gasteiger partial charge < -0.3 is 10.2 Å². The number of aliphatic carboxylic acids is 1. The van der Waals surface area contributed by atoms with Crippen LogP contribution >= 0.6 is 15.9 Å². The second kappa shape index (κ2) is 5.92. The summed E-state index contributed by atoms with van der Waals surface area (Å²) in [7, 11) is 0. The van der Waals surface area contributed by atoms with Crippen molar-refractivity contribution < 1.29 is 15.0 Å². The first-order chi connectivity index (χ1) is 9.02. The van der Waals surface area contributed by atoms with Crippen LogP contribution in [0.1, 0.15) is 37.8 Å². The molecule has 1 aliphatic carbocycles. The van der Waals surface area contributed by atoms with Gasteiger partial charge in [-0.2, -0.15) is 0 Å². The minimum absolute atomic E-state index is 0.154. The van der Waals surface area contributed by atoms with Gasteiger partial charge in [-0.3, -0.25) is 10.1 Å². The van der Waals surface area contributed by atoms with Gasteiger partial charge in [-0.15, -0.1) is 0 Å². The molecule has 2 unspecified atom stereocenters. The van der Waals surface area contributed by atoms with Crippen molar-refractivity contribution in [3.8, 4) is 5.75 Å². The summed E-state index contributed by atoms with van der Waals surface area (Å²) >= 11 is 3.38. The summed E-state index contributed by atoms with van der Waals surface area (Å²) in [5, 5.41) is 22.4. The second-order valence-corrected chi connectivity index (χ2v) is 5.90. The van der Waals surface area contributed by atoms with Crippen molar-refractivity contribution in [1.82, 2.24) is 5.32 Å². The number of carboxylic acids is 1. The van der Waals surface area contributed by atoms with E-state index in [0.717, 1.165) is 29.3 Å². The van der Waals surface area contributed by atoms with Gasteiger partial charge in [0.2, 0.25) is 0 Å². The molecule has 1 aromatic carbocycles. The van der Waals surface area contributed by atoms with Crippen LogP contribution in [0, 0.1) is 5.92 Å². The van der Waals surface area contributed by atoms with Crippen LogP contribution < -0.4 is 5.32 Å². The second-order valence-electron chi connectivity index (χ2n) is 4.98. The zero-order valence-electron chi connectivity index (χ0n) is 10.8. The zero-order chi connectivity index (χ0) is 14.0. The Hall–Kier alpha value is -1.07. The fourth-order valence-electron chi connectivity index (χ4n) is 2.29. The van der Waals surface area contributed by atoms with E-state index < -0.39 is 12.0 Å². The number of hydrogen-bond acceptors (Lipinski definition) is 3.